The smallest absolute Gasteiger partial charge is 0.0954 e. The SMILES string of the molecule is CS/C=C\C/C=C/CCN(C)CO. The molecule has 76 valence electrons. The van der Waals surface area contributed by atoms with Gasteiger partial charge in [-0.1, -0.05) is 18.2 Å². The molecule has 0 atom stereocenters. The largest absolute Gasteiger partial charge is 0.381 e. The highest BCUT2D eigenvalue weighted by atomic mass is 32.2. The molecule has 0 heterocycles. The van der Waals surface area contributed by atoms with Gasteiger partial charge in [0.1, 0.15) is 0 Å². The molecule has 0 bridgehead atoms. The Morgan fingerprint density at radius 1 is 1.31 bits per heavy atom. The lowest BCUT2D eigenvalue weighted by molar-refractivity contribution is 0.134. The van der Waals surface area contributed by atoms with Crippen LogP contribution in [-0.2, 0) is 0 Å². The highest BCUT2D eigenvalue weighted by molar-refractivity contribution is 8.01. The van der Waals surface area contributed by atoms with Crippen LogP contribution in [0.15, 0.2) is 23.6 Å². The minimum absolute atomic E-state index is 0.139. The standard InChI is InChI=1S/C10H19NOS/c1-11(10-12)8-6-4-3-5-7-9-13-2/h3-4,7,9,12H,5-6,8,10H2,1-2H3/b4-3+,9-7-. The molecule has 3 heteroatoms. The van der Waals surface area contributed by atoms with Crippen LogP contribution in [0.2, 0.25) is 0 Å². The molecule has 0 aliphatic rings. The number of aliphatic hydroxyl groups excluding tert-OH is 1. The molecule has 0 saturated carbocycles. The van der Waals surface area contributed by atoms with Crippen LogP contribution in [0.3, 0.4) is 0 Å². The fourth-order valence-corrected chi connectivity index (χ4v) is 1.11. The summed E-state index contributed by atoms with van der Waals surface area (Å²) < 4.78 is 0. The number of allylic oxidation sites excluding steroid dienone is 2. The van der Waals surface area contributed by atoms with Crippen molar-refractivity contribution >= 4 is 11.8 Å². The number of thioether (sulfide) groups is 1. The van der Waals surface area contributed by atoms with Crippen LogP contribution in [0.1, 0.15) is 12.8 Å². The van der Waals surface area contributed by atoms with Gasteiger partial charge in [-0.2, -0.15) is 0 Å². The van der Waals surface area contributed by atoms with Crippen LogP contribution < -0.4 is 0 Å². The summed E-state index contributed by atoms with van der Waals surface area (Å²) in [7, 11) is 1.90. The molecule has 0 aliphatic heterocycles. The second kappa shape index (κ2) is 9.84. The number of aliphatic hydroxyl groups is 1. The van der Waals surface area contributed by atoms with Gasteiger partial charge in [-0.25, -0.2) is 0 Å². The summed E-state index contributed by atoms with van der Waals surface area (Å²) in [4.78, 5) is 1.88. The van der Waals surface area contributed by atoms with E-state index in [1.807, 2.05) is 11.9 Å². The summed E-state index contributed by atoms with van der Waals surface area (Å²) in [6.45, 7) is 1.06. The zero-order valence-corrected chi connectivity index (χ0v) is 9.26. The summed E-state index contributed by atoms with van der Waals surface area (Å²) in [6.07, 6.45) is 10.5. The molecule has 13 heavy (non-hydrogen) atoms. The average molecular weight is 201 g/mol. The van der Waals surface area contributed by atoms with Crippen molar-refractivity contribution in [2.45, 2.75) is 12.8 Å². The van der Waals surface area contributed by atoms with E-state index in [2.05, 4.69) is 29.9 Å². The molecule has 0 radical (unpaired) electrons. The van der Waals surface area contributed by atoms with Crippen LogP contribution in [0.5, 0.6) is 0 Å². The number of hydrogen-bond acceptors (Lipinski definition) is 3. The van der Waals surface area contributed by atoms with Crippen LogP contribution in [0.25, 0.3) is 0 Å². The number of hydrogen-bond donors (Lipinski definition) is 1. The Morgan fingerprint density at radius 2 is 2.08 bits per heavy atom. The van der Waals surface area contributed by atoms with E-state index >= 15 is 0 Å². The van der Waals surface area contributed by atoms with E-state index in [1.54, 1.807) is 11.8 Å². The lowest BCUT2D eigenvalue weighted by Crippen LogP contribution is -2.19. The van der Waals surface area contributed by atoms with Crippen molar-refractivity contribution in [3.05, 3.63) is 23.6 Å². The van der Waals surface area contributed by atoms with Gasteiger partial charge in [-0.15, -0.1) is 11.8 Å². The van der Waals surface area contributed by atoms with Crippen molar-refractivity contribution in [2.75, 3.05) is 26.6 Å². The van der Waals surface area contributed by atoms with Crippen molar-refractivity contribution in [3.63, 3.8) is 0 Å². The van der Waals surface area contributed by atoms with Gasteiger partial charge in [0.15, 0.2) is 0 Å². The van der Waals surface area contributed by atoms with Crippen molar-refractivity contribution in [1.82, 2.24) is 4.90 Å². The van der Waals surface area contributed by atoms with E-state index in [4.69, 9.17) is 5.11 Å². The molecule has 0 aromatic heterocycles. The maximum atomic E-state index is 8.70. The molecule has 0 fully saturated rings. The lowest BCUT2D eigenvalue weighted by atomic mass is 10.3. The Bertz CT molecular complexity index is 157. The van der Waals surface area contributed by atoms with E-state index in [9.17, 15) is 0 Å². The fraction of sp³-hybridized carbons (Fsp3) is 0.600. The minimum atomic E-state index is 0.139. The molecule has 2 nitrogen and oxygen atoms in total. The molecule has 0 rings (SSSR count). The van der Waals surface area contributed by atoms with E-state index in [1.165, 1.54) is 0 Å². The molecule has 0 unspecified atom stereocenters. The third kappa shape index (κ3) is 9.67. The Labute approximate surface area is 85.3 Å². The second-order valence-corrected chi connectivity index (χ2v) is 3.57. The molecular weight excluding hydrogens is 182 g/mol. The van der Waals surface area contributed by atoms with Crippen LogP contribution >= 0.6 is 11.8 Å². The van der Waals surface area contributed by atoms with Crippen molar-refractivity contribution in [1.29, 1.82) is 0 Å². The average Bonchev–Trinajstić information content (AvgIpc) is 2.16. The van der Waals surface area contributed by atoms with Crippen LogP contribution in [0.4, 0.5) is 0 Å². The second-order valence-electron chi connectivity index (χ2n) is 2.82. The van der Waals surface area contributed by atoms with Gasteiger partial charge in [0.25, 0.3) is 0 Å². The Morgan fingerprint density at radius 3 is 2.69 bits per heavy atom. The summed E-state index contributed by atoms with van der Waals surface area (Å²) >= 11 is 1.72. The first-order valence-electron chi connectivity index (χ1n) is 4.43. The minimum Gasteiger partial charge on any atom is -0.381 e. The Balaban J connectivity index is 3.26. The molecule has 0 amide bonds. The third-order valence-electron chi connectivity index (χ3n) is 1.59. The zero-order chi connectivity index (χ0) is 9.94. The van der Waals surface area contributed by atoms with Gasteiger partial charge in [-0.3, -0.25) is 4.90 Å². The fourth-order valence-electron chi connectivity index (χ4n) is 0.810. The van der Waals surface area contributed by atoms with Crippen LogP contribution in [-0.4, -0.2) is 36.6 Å². The summed E-state index contributed by atoms with van der Waals surface area (Å²) in [5.74, 6) is 0. The third-order valence-corrected chi connectivity index (χ3v) is 2.05. The van der Waals surface area contributed by atoms with E-state index in [0.29, 0.717) is 0 Å². The van der Waals surface area contributed by atoms with Gasteiger partial charge < -0.3 is 5.11 Å². The van der Waals surface area contributed by atoms with Crippen molar-refractivity contribution in [3.8, 4) is 0 Å². The highest BCUT2D eigenvalue weighted by Crippen LogP contribution is 1.97. The van der Waals surface area contributed by atoms with Crippen molar-refractivity contribution in [2.24, 2.45) is 0 Å². The number of nitrogens with zero attached hydrogens (tertiary/aromatic N) is 1. The van der Waals surface area contributed by atoms with Gasteiger partial charge >= 0.3 is 0 Å². The molecular formula is C10H19NOS. The topological polar surface area (TPSA) is 23.5 Å². The van der Waals surface area contributed by atoms with Gasteiger partial charge in [0.05, 0.1) is 6.73 Å². The lowest BCUT2D eigenvalue weighted by Gasteiger charge is -2.09. The Kier molecular flexibility index (Phi) is 9.65. The molecule has 0 spiro atoms. The molecule has 0 aliphatic carbocycles. The first-order chi connectivity index (χ1) is 6.31. The molecule has 0 aromatic rings. The summed E-state index contributed by atoms with van der Waals surface area (Å²) in [6, 6.07) is 0. The summed E-state index contributed by atoms with van der Waals surface area (Å²) in [5, 5.41) is 10.8. The van der Waals surface area contributed by atoms with Gasteiger partial charge in [-0.05, 0) is 31.6 Å². The van der Waals surface area contributed by atoms with E-state index in [0.717, 1.165) is 19.4 Å². The monoisotopic (exact) mass is 201 g/mol. The van der Waals surface area contributed by atoms with E-state index < -0.39 is 0 Å². The highest BCUT2D eigenvalue weighted by Gasteiger charge is 1.90. The maximum absolute atomic E-state index is 8.70. The van der Waals surface area contributed by atoms with Crippen LogP contribution in [0, 0.1) is 0 Å². The quantitative estimate of drug-likeness (QED) is 0.504. The molecule has 0 saturated heterocycles. The summed E-state index contributed by atoms with van der Waals surface area (Å²) in [5.41, 5.74) is 0. The van der Waals surface area contributed by atoms with Gasteiger partial charge in [0.2, 0.25) is 0 Å². The first-order valence-corrected chi connectivity index (χ1v) is 5.72. The predicted octanol–water partition coefficient (Wildman–Crippen LogP) is 2.08. The first kappa shape index (κ1) is 12.8. The van der Waals surface area contributed by atoms with Gasteiger partial charge in [0, 0.05) is 6.54 Å². The van der Waals surface area contributed by atoms with Crippen molar-refractivity contribution < 1.29 is 5.11 Å². The molecule has 0 aromatic carbocycles. The Hall–Kier alpha value is -0.250. The number of rotatable bonds is 7. The zero-order valence-electron chi connectivity index (χ0n) is 8.44. The normalized spacial score (nSPS) is 12.3. The predicted molar refractivity (Wildman–Crippen MR) is 60.7 cm³/mol. The van der Waals surface area contributed by atoms with E-state index in [-0.39, 0.29) is 6.73 Å². The molecule has 1 N–H and O–H groups in total. The maximum Gasteiger partial charge on any atom is 0.0954 e.